The Labute approximate surface area is 108 Å². The molecular formula is C11H12BrN3S. The molecule has 0 unspecified atom stereocenters. The summed E-state index contributed by atoms with van der Waals surface area (Å²) in [6.07, 6.45) is 0. The third-order valence-electron chi connectivity index (χ3n) is 2.11. The maximum atomic E-state index is 4.36. The van der Waals surface area contributed by atoms with Crippen LogP contribution >= 0.6 is 27.7 Å². The van der Waals surface area contributed by atoms with Crippen LogP contribution in [0.1, 0.15) is 5.56 Å². The van der Waals surface area contributed by atoms with Crippen LogP contribution in [0.25, 0.3) is 0 Å². The minimum absolute atomic E-state index is 0.724. The SMILES string of the molecule is BrCC(=NNC1=NCCS1)c1ccccc1. The van der Waals surface area contributed by atoms with Gasteiger partial charge in [-0.05, 0) is 5.56 Å². The van der Waals surface area contributed by atoms with Crippen LogP contribution in [0.4, 0.5) is 0 Å². The molecule has 2 rings (SSSR count). The predicted molar refractivity (Wildman–Crippen MR) is 74.7 cm³/mol. The highest BCUT2D eigenvalue weighted by atomic mass is 79.9. The molecule has 1 aromatic carbocycles. The highest BCUT2D eigenvalue weighted by Gasteiger charge is 2.06. The third-order valence-corrected chi connectivity index (χ3v) is 3.52. The minimum atomic E-state index is 0.724. The molecule has 0 saturated heterocycles. The zero-order chi connectivity index (χ0) is 11.2. The smallest absolute Gasteiger partial charge is 0.177 e. The van der Waals surface area contributed by atoms with Crippen LogP contribution in [0.5, 0.6) is 0 Å². The van der Waals surface area contributed by atoms with E-state index in [1.807, 2.05) is 30.3 Å². The molecule has 0 spiro atoms. The van der Waals surface area contributed by atoms with E-state index in [1.54, 1.807) is 11.8 Å². The molecule has 1 aromatic rings. The van der Waals surface area contributed by atoms with Crippen molar-refractivity contribution in [2.45, 2.75) is 0 Å². The average Bonchev–Trinajstić information content (AvgIpc) is 2.84. The van der Waals surface area contributed by atoms with Crippen LogP contribution in [0, 0.1) is 0 Å². The summed E-state index contributed by atoms with van der Waals surface area (Å²) in [5, 5.41) is 6.00. The lowest BCUT2D eigenvalue weighted by atomic mass is 10.1. The van der Waals surface area contributed by atoms with Crippen molar-refractivity contribution >= 4 is 38.6 Å². The molecule has 1 aliphatic rings. The van der Waals surface area contributed by atoms with Crippen molar-refractivity contribution in [1.29, 1.82) is 0 Å². The Morgan fingerprint density at radius 3 is 2.88 bits per heavy atom. The van der Waals surface area contributed by atoms with Crippen molar-refractivity contribution in [3.05, 3.63) is 35.9 Å². The van der Waals surface area contributed by atoms with Gasteiger partial charge in [-0.2, -0.15) is 5.10 Å². The number of thioether (sulfide) groups is 1. The number of alkyl halides is 1. The fourth-order valence-corrected chi connectivity index (χ4v) is 2.44. The standard InChI is InChI=1S/C11H12BrN3S/c12-8-10(9-4-2-1-3-5-9)14-15-11-13-6-7-16-11/h1-5H,6-8H2,(H,13,15). The first-order valence-electron chi connectivity index (χ1n) is 5.01. The molecule has 0 aromatic heterocycles. The molecule has 0 bridgehead atoms. The summed E-state index contributed by atoms with van der Waals surface area (Å²) in [4.78, 5) is 4.28. The molecule has 84 valence electrons. The first-order valence-corrected chi connectivity index (χ1v) is 7.12. The van der Waals surface area contributed by atoms with Crippen molar-refractivity contribution in [3.8, 4) is 0 Å². The van der Waals surface area contributed by atoms with E-state index in [2.05, 4.69) is 31.4 Å². The third kappa shape index (κ3) is 3.09. The first-order chi connectivity index (χ1) is 7.90. The van der Waals surface area contributed by atoms with E-state index in [-0.39, 0.29) is 0 Å². The number of hydrazone groups is 1. The van der Waals surface area contributed by atoms with Crippen LogP contribution in [-0.2, 0) is 0 Å². The van der Waals surface area contributed by atoms with Crippen molar-refractivity contribution in [1.82, 2.24) is 5.43 Å². The maximum Gasteiger partial charge on any atom is 0.177 e. The van der Waals surface area contributed by atoms with E-state index in [9.17, 15) is 0 Å². The lowest BCUT2D eigenvalue weighted by molar-refractivity contribution is 1.03. The Balaban J connectivity index is 2.07. The van der Waals surface area contributed by atoms with Crippen LogP contribution in [-0.4, -0.2) is 28.5 Å². The number of nitrogens with zero attached hydrogens (tertiary/aromatic N) is 2. The van der Waals surface area contributed by atoms with Gasteiger partial charge in [0, 0.05) is 11.1 Å². The van der Waals surface area contributed by atoms with Gasteiger partial charge in [0.2, 0.25) is 0 Å². The van der Waals surface area contributed by atoms with Gasteiger partial charge in [-0.25, -0.2) is 0 Å². The molecular weight excluding hydrogens is 286 g/mol. The highest BCUT2D eigenvalue weighted by Crippen LogP contribution is 2.09. The van der Waals surface area contributed by atoms with Gasteiger partial charge in [0.15, 0.2) is 5.17 Å². The molecule has 1 aliphatic heterocycles. The second-order valence-electron chi connectivity index (χ2n) is 3.21. The summed E-state index contributed by atoms with van der Waals surface area (Å²) in [7, 11) is 0. The zero-order valence-electron chi connectivity index (χ0n) is 8.69. The van der Waals surface area contributed by atoms with Gasteiger partial charge < -0.3 is 0 Å². The Morgan fingerprint density at radius 2 is 2.25 bits per heavy atom. The van der Waals surface area contributed by atoms with Gasteiger partial charge >= 0.3 is 0 Å². The summed E-state index contributed by atoms with van der Waals surface area (Å²) in [5.41, 5.74) is 5.11. The predicted octanol–water partition coefficient (Wildman–Crippen LogP) is 2.48. The number of amidine groups is 1. The quantitative estimate of drug-likeness (QED) is 0.529. The Bertz CT molecular complexity index is 403. The van der Waals surface area contributed by atoms with Crippen LogP contribution < -0.4 is 5.43 Å². The molecule has 0 aliphatic carbocycles. The van der Waals surface area contributed by atoms with Crippen molar-refractivity contribution in [2.75, 3.05) is 17.6 Å². The number of rotatable bonds is 3. The number of benzene rings is 1. The van der Waals surface area contributed by atoms with Crippen molar-refractivity contribution < 1.29 is 0 Å². The minimum Gasteiger partial charge on any atom is -0.260 e. The summed E-state index contributed by atoms with van der Waals surface area (Å²) < 4.78 is 0. The van der Waals surface area contributed by atoms with E-state index < -0.39 is 0 Å². The van der Waals surface area contributed by atoms with Gasteiger partial charge in [0.05, 0.1) is 12.3 Å². The average molecular weight is 298 g/mol. The van der Waals surface area contributed by atoms with Crippen LogP contribution in [0.2, 0.25) is 0 Å². The Hall–Kier alpha value is -0.810. The van der Waals surface area contributed by atoms with Gasteiger partial charge in [-0.1, -0.05) is 58.0 Å². The fraction of sp³-hybridized carbons (Fsp3) is 0.273. The summed E-state index contributed by atoms with van der Waals surface area (Å²) >= 11 is 5.15. The van der Waals surface area contributed by atoms with E-state index in [4.69, 9.17) is 0 Å². The Kier molecular flexibility index (Phi) is 4.42. The molecule has 0 radical (unpaired) electrons. The van der Waals surface area contributed by atoms with Crippen molar-refractivity contribution in [3.63, 3.8) is 0 Å². The number of hydrogen-bond acceptors (Lipinski definition) is 4. The molecule has 0 amide bonds. The van der Waals surface area contributed by atoms with Crippen LogP contribution in [0.15, 0.2) is 40.4 Å². The second kappa shape index (κ2) is 6.06. The lowest BCUT2D eigenvalue weighted by Crippen LogP contribution is -2.16. The largest absolute Gasteiger partial charge is 0.260 e. The van der Waals surface area contributed by atoms with Crippen molar-refractivity contribution in [2.24, 2.45) is 10.1 Å². The second-order valence-corrected chi connectivity index (χ2v) is 4.85. The van der Waals surface area contributed by atoms with Gasteiger partial charge in [-0.3, -0.25) is 10.4 Å². The topological polar surface area (TPSA) is 36.8 Å². The molecule has 0 saturated carbocycles. The van der Waals surface area contributed by atoms with Gasteiger partial charge in [0.1, 0.15) is 0 Å². The molecule has 1 N–H and O–H groups in total. The normalized spacial score (nSPS) is 16.1. The van der Waals surface area contributed by atoms with E-state index in [1.165, 1.54) is 0 Å². The van der Waals surface area contributed by atoms with Gasteiger partial charge in [0.25, 0.3) is 0 Å². The first kappa shape index (κ1) is 11.7. The monoisotopic (exact) mass is 297 g/mol. The molecule has 1 heterocycles. The molecule has 0 atom stereocenters. The number of halogens is 1. The number of nitrogens with one attached hydrogen (secondary N) is 1. The fourth-order valence-electron chi connectivity index (χ4n) is 1.32. The van der Waals surface area contributed by atoms with E-state index in [0.29, 0.717) is 0 Å². The highest BCUT2D eigenvalue weighted by molar-refractivity contribution is 9.09. The summed E-state index contributed by atoms with van der Waals surface area (Å²) in [6, 6.07) is 10.1. The number of aliphatic imine (C=N–C) groups is 1. The van der Waals surface area contributed by atoms with Crippen LogP contribution in [0.3, 0.4) is 0 Å². The molecule has 5 heteroatoms. The molecule has 16 heavy (non-hydrogen) atoms. The summed E-state index contributed by atoms with van der Waals surface area (Å²) in [5.74, 6) is 1.05. The van der Waals surface area contributed by atoms with E-state index >= 15 is 0 Å². The van der Waals surface area contributed by atoms with Gasteiger partial charge in [-0.15, -0.1) is 0 Å². The summed E-state index contributed by atoms with van der Waals surface area (Å²) in [6.45, 7) is 0.886. The number of hydrogen-bond donors (Lipinski definition) is 1. The zero-order valence-corrected chi connectivity index (χ0v) is 11.1. The Morgan fingerprint density at radius 1 is 1.44 bits per heavy atom. The molecule has 3 nitrogen and oxygen atoms in total. The van der Waals surface area contributed by atoms with E-state index in [0.717, 1.165) is 34.1 Å². The molecule has 0 fully saturated rings. The maximum absolute atomic E-state index is 4.36. The lowest BCUT2D eigenvalue weighted by Gasteiger charge is -2.04.